The van der Waals surface area contributed by atoms with Crippen LogP contribution in [0.25, 0.3) is 0 Å². The molecule has 1 aromatic rings. The van der Waals surface area contributed by atoms with Crippen molar-refractivity contribution in [2.75, 3.05) is 6.54 Å². The summed E-state index contributed by atoms with van der Waals surface area (Å²) in [6, 6.07) is 8.64. The first-order valence-electron chi connectivity index (χ1n) is 6.21. The number of halogens is 1. The molecule has 17 heavy (non-hydrogen) atoms. The summed E-state index contributed by atoms with van der Waals surface area (Å²) in [5.74, 6) is 0. The van der Waals surface area contributed by atoms with E-state index in [1.165, 1.54) is 11.1 Å². The van der Waals surface area contributed by atoms with Crippen molar-refractivity contribution in [1.29, 1.82) is 0 Å². The zero-order valence-electron chi connectivity index (χ0n) is 11.0. The number of benzene rings is 1. The monoisotopic (exact) mass is 251 g/mol. The molecule has 0 aliphatic heterocycles. The van der Waals surface area contributed by atoms with Gasteiger partial charge in [0, 0.05) is 11.1 Å². The van der Waals surface area contributed by atoms with Crippen LogP contribution >= 0.6 is 11.6 Å². The molecule has 0 saturated heterocycles. The highest BCUT2D eigenvalue weighted by atomic mass is 35.5. The summed E-state index contributed by atoms with van der Waals surface area (Å²) in [7, 11) is 0. The number of hydrogen-bond donors (Lipinski definition) is 1. The van der Waals surface area contributed by atoms with Crippen molar-refractivity contribution in [2.45, 2.75) is 39.7 Å². The van der Waals surface area contributed by atoms with Gasteiger partial charge in [-0.1, -0.05) is 49.2 Å². The molecule has 94 valence electrons. The van der Waals surface area contributed by atoms with Gasteiger partial charge in [0.05, 0.1) is 0 Å². The fourth-order valence-electron chi connectivity index (χ4n) is 1.73. The Balaban J connectivity index is 2.38. The zero-order valence-corrected chi connectivity index (χ0v) is 11.7. The smallest absolute Gasteiger partial charge is 0.0408 e. The van der Waals surface area contributed by atoms with Crippen molar-refractivity contribution in [3.05, 3.63) is 46.5 Å². The minimum absolute atomic E-state index is 0.566. The van der Waals surface area contributed by atoms with Crippen LogP contribution < -0.4 is 5.32 Å². The molecule has 0 aromatic heterocycles. The molecule has 1 rings (SSSR count). The minimum atomic E-state index is 0.566. The Bertz CT molecular complexity index is 369. The second-order valence-corrected chi connectivity index (χ2v) is 5.19. The lowest BCUT2D eigenvalue weighted by Gasteiger charge is -2.06. The molecule has 0 atom stereocenters. The van der Waals surface area contributed by atoms with E-state index in [0.29, 0.717) is 6.04 Å². The SMILES string of the molecule is CC(=CCCNC(C)C)Cc1cccc(Cl)c1. The number of nitrogens with one attached hydrogen (secondary N) is 1. The Morgan fingerprint density at radius 3 is 2.82 bits per heavy atom. The van der Waals surface area contributed by atoms with Crippen LogP contribution in [0.4, 0.5) is 0 Å². The van der Waals surface area contributed by atoms with Gasteiger partial charge in [0.1, 0.15) is 0 Å². The van der Waals surface area contributed by atoms with E-state index < -0.39 is 0 Å². The second-order valence-electron chi connectivity index (χ2n) is 4.75. The van der Waals surface area contributed by atoms with Crippen molar-refractivity contribution in [3.63, 3.8) is 0 Å². The molecular formula is C15H22ClN. The third kappa shape index (κ3) is 6.50. The summed E-state index contributed by atoms with van der Waals surface area (Å²) in [4.78, 5) is 0. The molecule has 0 amide bonds. The molecule has 1 aromatic carbocycles. The van der Waals surface area contributed by atoms with Gasteiger partial charge in [-0.05, 0) is 44.0 Å². The van der Waals surface area contributed by atoms with Crippen LogP contribution in [-0.4, -0.2) is 12.6 Å². The highest BCUT2D eigenvalue weighted by molar-refractivity contribution is 6.30. The van der Waals surface area contributed by atoms with Crippen LogP contribution in [0, 0.1) is 0 Å². The highest BCUT2D eigenvalue weighted by Crippen LogP contribution is 2.14. The average Bonchev–Trinajstić information content (AvgIpc) is 2.24. The van der Waals surface area contributed by atoms with Gasteiger partial charge in [0.2, 0.25) is 0 Å². The lowest BCUT2D eigenvalue weighted by atomic mass is 10.1. The van der Waals surface area contributed by atoms with E-state index in [2.05, 4.69) is 38.2 Å². The van der Waals surface area contributed by atoms with Crippen LogP contribution in [-0.2, 0) is 6.42 Å². The maximum absolute atomic E-state index is 5.96. The molecule has 0 heterocycles. The quantitative estimate of drug-likeness (QED) is 0.590. The molecule has 0 unspecified atom stereocenters. The maximum Gasteiger partial charge on any atom is 0.0408 e. The van der Waals surface area contributed by atoms with Gasteiger partial charge in [0.25, 0.3) is 0 Å². The number of hydrogen-bond acceptors (Lipinski definition) is 1. The summed E-state index contributed by atoms with van der Waals surface area (Å²) in [5, 5.41) is 4.22. The Kier molecular flexibility index (Phi) is 6.31. The molecule has 0 aliphatic rings. The fourth-order valence-corrected chi connectivity index (χ4v) is 1.94. The van der Waals surface area contributed by atoms with Crippen LogP contribution in [0.5, 0.6) is 0 Å². The van der Waals surface area contributed by atoms with Crippen LogP contribution in [0.1, 0.15) is 32.8 Å². The molecule has 0 saturated carbocycles. The first kappa shape index (κ1) is 14.3. The summed E-state index contributed by atoms with van der Waals surface area (Å²) in [6.07, 6.45) is 4.38. The number of rotatable bonds is 6. The van der Waals surface area contributed by atoms with Crippen LogP contribution in [0.3, 0.4) is 0 Å². The van der Waals surface area contributed by atoms with Gasteiger partial charge in [-0.3, -0.25) is 0 Å². The predicted octanol–water partition coefficient (Wildman–Crippen LogP) is 4.22. The second kappa shape index (κ2) is 7.52. The molecule has 1 nitrogen and oxygen atoms in total. The van der Waals surface area contributed by atoms with E-state index in [4.69, 9.17) is 11.6 Å². The van der Waals surface area contributed by atoms with Gasteiger partial charge in [-0.25, -0.2) is 0 Å². The van der Waals surface area contributed by atoms with Crippen LogP contribution in [0.2, 0.25) is 5.02 Å². The lowest BCUT2D eigenvalue weighted by molar-refractivity contribution is 0.594. The van der Waals surface area contributed by atoms with Gasteiger partial charge in [0.15, 0.2) is 0 Å². The predicted molar refractivity (Wildman–Crippen MR) is 76.7 cm³/mol. The van der Waals surface area contributed by atoms with Crippen molar-refractivity contribution >= 4 is 11.6 Å². The van der Waals surface area contributed by atoms with Crippen molar-refractivity contribution in [1.82, 2.24) is 5.32 Å². The first-order valence-corrected chi connectivity index (χ1v) is 6.59. The average molecular weight is 252 g/mol. The fraction of sp³-hybridized carbons (Fsp3) is 0.467. The maximum atomic E-state index is 5.96. The third-order valence-corrected chi connectivity index (χ3v) is 2.80. The zero-order chi connectivity index (χ0) is 12.7. The molecule has 0 radical (unpaired) electrons. The first-order chi connectivity index (χ1) is 8.08. The van der Waals surface area contributed by atoms with E-state index in [1.54, 1.807) is 0 Å². The van der Waals surface area contributed by atoms with Crippen molar-refractivity contribution in [3.8, 4) is 0 Å². The molecule has 0 spiro atoms. The topological polar surface area (TPSA) is 12.0 Å². The number of allylic oxidation sites excluding steroid dienone is 1. The Labute approximate surface area is 110 Å². The Hall–Kier alpha value is -0.790. The van der Waals surface area contributed by atoms with E-state index in [1.807, 2.05) is 18.2 Å². The van der Waals surface area contributed by atoms with E-state index in [0.717, 1.165) is 24.4 Å². The molecule has 2 heteroatoms. The standard InChI is InChI=1S/C15H22ClN/c1-12(2)17-9-5-6-13(3)10-14-7-4-8-15(16)11-14/h4,6-8,11-12,17H,5,9-10H2,1-3H3. The van der Waals surface area contributed by atoms with E-state index in [9.17, 15) is 0 Å². The summed E-state index contributed by atoms with van der Waals surface area (Å²) in [6.45, 7) is 7.56. The highest BCUT2D eigenvalue weighted by Gasteiger charge is 1.96. The van der Waals surface area contributed by atoms with Crippen LogP contribution in [0.15, 0.2) is 35.9 Å². The van der Waals surface area contributed by atoms with E-state index in [-0.39, 0.29) is 0 Å². The molecule has 0 aliphatic carbocycles. The van der Waals surface area contributed by atoms with Crippen molar-refractivity contribution in [2.24, 2.45) is 0 Å². The molecule has 0 bridgehead atoms. The van der Waals surface area contributed by atoms with Crippen molar-refractivity contribution < 1.29 is 0 Å². The van der Waals surface area contributed by atoms with Gasteiger partial charge in [-0.2, -0.15) is 0 Å². The summed E-state index contributed by atoms with van der Waals surface area (Å²) in [5.41, 5.74) is 2.68. The summed E-state index contributed by atoms with van der Waals surface area (Å²) < 4.78 is 0. The lowest BCUT2D eigenvalue weighted by Crippen LogP contribution is -2.23. The van der Waals surface area contributed by atoms with Gasteiger partial charge in [-0.15, -0.1) is 0 Å². The Morgan fingerprint density at radius 1 is 1.41 bits per heavy atom. The summed E-state index contributed by atoms with van der Waals surface area (Å²) >= 11 is 5.96. The van der Waals surface area contributed by atoms with Gasteiger partial charge < -0.3 is 5.32 Å². The van der Waals surface area contributed by atoms with E-state index >= 15 is 0 Å². The molecular weight excluding hydrogens is 230 g/mol. The Morgan fingerprint density at radius 2 is 2.18 bits per heavy atom. The molecule has 1 N–H and O–H groups in total. The van der Waals surface area contributed by atoms with Gasteiger partial charge >= 0.3 is 0 Å². The minimum Gasteiger partial charge on any atom is -0.314 e. The third-order valence-electron chi connectivity index (χ3n) is 2.56. The molecule has 0 fully saturated rings. The largest absolute Gasteiger partial charge is 0.314 e. The normalized spacial score (nSPS) is 12.2.